The lowest BCUT2D eigenvalue weighted by Gasteiger charge is -1.89. The molecule has 0 atom stereocenters. The Morgan fingerprint density at radius 1 is 1.80 bits per heavy atom. The average molecular weight is 163 g/mol. The number of amidine groups is 1. The van der Waals surface area contributed by atoms with E-state index >= 15 is 0 Å². The van der Waals surface area contributed by atoms with Crippen LogP contribution in [0, 0.1) is 0 Å². The first-order valence-electron chi connectivity index (χ1n) is 2.65. The van der Waals surface area contributed by atoms with E-state index in [1.54, 1.807) is 0 Å². The van der Waals surface area contributed by atoms with Crippen molar-refractivity contribution in [1.82, 2.24) is 0 Å². The van der Waals surface area contributed by atoms with E-state index in [0.29, 0.717) is 10.9 Å². The summed E-state index contributed by atoms with van der Waals surface area (Å²) in [6.45, 7) is 0.104. The van der Waals surface area contributed by atoms with Gasteiger partial charge in [-0.1, -0.05) is 11.8 Å². The van der Waals surface area contributed by atoms with Gasteiger partial charge in [0.2, 0.25) is 6.34 Å². The summed E-state index contributed by atoms with van der Waals surface area (Å²) in [5.74, 6) is 5.35. The second-order valence-electron chi connectivity index (χ2n) is 1.36. The highest BCUT2D eigenvalue weighted by molar-refractivity contribution is 8.13. The topological polar surface area (TPSA) is 98.6 Å². The first-order valence-corrected chi connectivity index (χ1v) is 3.64. The van der Waals surface area contributed by atoms with E-state index in [1.807, 2.05) is 0 Å². The highest BCUT2D eigenvalue weighted by Gasteiger charge is 1.93. The van der Waals surface area contributed by atoms with Gasteiger partial charge < -0.3 is 10.8 Å². The number of nitrogens with two attached hydrogens (primary N) is 2. The largest absolute Gasteiger partial charge is 0.396 e. The third-order valence-electron chi connectivity index (χ3n) is 0.630. The van der Waals surface area contributed by atoms with Crippen molar-refractivity contribution in [1.29, 1.82) is 0 Å². The zero-order valence-electron chi connectivity index (χ0n) is 5.45. The Balaban J connectivity index is 3.49. The summed E-state index contributed by atoms with van der Waals surface area (Å²) < 4.78 is 0. The molecular formula is C4H11N4OS+. The molecule has 0 fully saturated rings. The van der Waals surface area contributed by atoms with Crippen LogP contribution in [-0.4, -0.2) is 29.0 Å². The minimum atomic E-state index is 0.104. The molecule has 5 nitrogen and oxygen atoms in total. The van der Waals surface area contributed by atoms with Gasteiger partial charge >= 0.3 is 0 Å². The molecule has 10 heavy (non-hydrogen) atoms. The minimum absolute atomic E-state index is 0.104. The van der Waals surface area contributed by atoms with Gasteiger partial charge in [0, 0.05) is 5.75 Å². The second kappa shape index (κ2) is 6.37. The molecule has 0 saturated carbocycles. The molecule has 0 aliphatic heterocycles. The van der Waals surface area contributed by atoms with E-state index < -0.39 is 0 Å². The van der Waals surface area contributed by atoms with Gasteiger partial charge in [-0.3, -0.25) is 5.84 Å². The zero-order valence-corrected chi connectivity index (χ0v) is 6.27. The first kappa shape index (κ1) is 9.25. The van der Waals surface area contributed by atoms with Gasteiger partial charge in [0.1, 0.15) is 0 Å². The summed E-state index contributed by atoms with van der Waals surface area (Å²) in [7, 11) is 0. The molecule has 6 heteroatoms. The molecule has 0 bridgehead atoms. The summed E-state index contributed by atoms with van der Waals surface area (Å²) in [5.41, 5.74) is 5.36. The Bertz CT molecular complexity index is 135. The smallest absolute Gasteiger partial charge is 0.252 e. The van der Waals surface area contributed by atoms with Gasteiger partial charge in [-0.05, 0) is 5.10 Å². The van der Waals surface area contributed by atoms with Crippen LogP contribution in [0.25, 0.3) is 0 Å². The summed E-state index contributed by atoms with van der Waals surface area (Å²) in [4.78, 5) is 2.60. The monoisotopic (exact) mass is 163 g/mol. The van der Waals surface area contributed by atoms with Gasteiger partial charge in [-0.15, -0.1) is 0 Å². The summed E-state index contributed by atoms with van der Waals surface area (Å²) in [6, 6.07) is 0. The molecule has 58 valence electrons. The normalized spacial score (nSPS) is 12.7. The quantitative estimate of drug-likeness (QED) is 0.154. The molecule has 0 aromatic rings. The third-order valence-corrected chi connectivity index (χ3v) is 1.45. The van der Waals surface area contributed by atoms with Crippen LogP contribution in [0.5, 0.6) is 0 Å². The number of nitrogens with zero attached hydrogens (tertiary/aromatic N) is 1. The number of thioether (sulfide) groups is 1. The molecule has 0 aromatic heterocycles. The predicted octanol–water partition coefficient (Wildman–Crippen LogP) is -2.99. The van der Waals surface area contributed by atoms with Gasteiger partial charge in [0.25, 0.3) is 5.17 Å². The second-order valence-corrected chi connectivity index (χ2v) is 2.50. The van der Waals surface area contributed by atoms with Crippen LogP contribution in [0.15, 0.2) is 5.10 Å². The minimum Gasteiger partial charge on any atom is -0.396 e. The summed E-state index contributed by atoms with van der Waals surface area (Å²) in [6.07, 6.45) is 1.28. The molecule has 0 aliphatic rings. The Morgan fingerprint density at radius 3 is 3.00 bits per heavy atom. The Morgan fingerprint density at radius 2 is 2.50 bits per heavy atom. The van der Waals surface area contributed by atoms with Crippen LogP contribution >= 0.6 is 11.8 Å². The van der Waals surface area contributed by atoms with Crippen LogP contribution in [-0.2, 0) is 0 Å². The Kier molecular flexibility index (Phi) is 5.89. The highest BCUT2D eigenvalue weighted by Crippen LogP contribution is 1.91. The van der Waals surface area contributed by atoms with Gasteiger partial charge in [-0.2, -0.15) is 0 Å². The SMILES string of the molecule is N/N=C/[NH+]=C(N)SCCO. The van der Waals surface area contributed by atoms with Crippen molar-refractivity contribution in [2.75, 3.05) is 12.4 Å². The lowest BCUT2D eigenvalue weighted by atomic mass is 10.9. The Labute approximate surface area is 63.2 Å². The fraction of sp³-hybridized carbons (Fsp3) is 0.500. The van der Waals surface area contributed by atoms with Gasteiger partial charge in [0.05, 0.1) is 6.61 Å². The van der Waals surface area contributed by atoms with Crippen LogP contribution in [0.4, 0.5) is 0 Å². The molecule has 0 unspecified atom stereocenters. The first-order chi connectivity index (χ1) is 4.81. The summed E-state index contributed by atoms with van der Waals surface area (Å²) >= 11 is 1.30. The van der Waals surface area contributed by atoms with E-state index in [1.165, 1.54) is 18.1 Å². The summed E-state index contributed by atoms with van der Waals surface area (Å²) in [5, 5.41) is 12.0. The molecule has 6 N–H and O–H groups in total. The average Bonchev–Trinajstić information content (AvgIpc) is 1.97. The van der Waals surface area contributed by atoms with E-state index in [4.69, 9.17) is 16.7 Å². The molecule has 0 radical (unpaired) electrons. The van der Waals surface area contributed by atoms with Crippen molar-refractivity contribution in [2.45, 2.75) is 0 Å². The van der Waals surface area contributed by atoms with Crippen LogP contribution in [0.3, 0.4) is 0 Å². The van der Waals surface area contributed by atoms with Gasteiger partial charge in [0.15, 0.2) is 0 Å². The molecule has 0 saturated heterocycles. The van der Waals surface area contributed by atoms with Crippen LogP contribution in [0.2, 0.25) is 0 Å². The third kappa shape index (κ3) is 5.39. The molecular weight excluding hydrogens is 152 g/mol. The zero-order chi connectivity index (χ0) is 7.82. The molecule has 0 aliphatic carbocycles. The predicted molar refractivity (Wildman–Crippen MR) is 42.4 cm³/mol. The number of hydrazone groups is 1. The van der Waals surface area contributed by atoms with Crippen molar-refractivity contribution >= 4 is 23.3 Å². The lowest BCUT2D eigenvalue weighted by Crippen LogP contribution is -2.73. The van der Waals surface area contributed by atoms with Crippen molar-refractivity contribution < 1.29 is 10.1 Å². The number of rotatable bonds is 3. The fourth-order valence-electron chi connectivity index (χ4n) is 0.298. The van der Waals surface area contributed by atoms with Crippen molar-refractivity contribution in [3.8, 4) is 0 Å². The van der Waals surface area contributed by atoms with Crippen LogP contribution in [0.1, 0.15) is 0 Å². The maximum Gasteiger partial charge on any atom is 0.252 e. The highest BCUT2D eigenvalue weighted by atomic mass is 32.2. The molecule has 0 heterocycles. The van der Waals surface area contributed by atoms with E-state index in [0.717, 1.165) is 0 Å². The number of nitrogens with one attached hydrogen (secondary N) is 1. The lowest BCUT2D eigenvalue weighted by molar-refractivity contribution is -0.301. The van der Waals surface area contributed by atoms with Crippen molar-refractivity contribution in [3.05, 3.63) is 0 Å². The van der Waals surface area contributed by atoms with Crippen molar-refractivity contribution in [2.24, 2.45) is 16.7 Å². The maximum atomic E-state index is 8.36. The van der Waals surface area contributed by atoms with E-state index in [9.17, 15) is 0 Å². The number of aliphatic hydroxyl groups excluding tert-OH is 1. The van der Waals surface area contributed by atoms with E-state index in [-0.39, 0.29) is 6.61 Å². The molecule has 0 amide bonds. The fourth-order valence-corrected chi connectivity index (χ4v) is 0.745. The van der Waals surface area contributed by atoms with Crippen LogP contribution < -0.4 is 16.6 Å². The number of hydrogen-bond acceptors (Lipinski definition) is 4. The standard InChI is InChI=1S/C4H10N4OS/c5-4(7-3-8-6)10-2-1-9/h3,9H,1-2,6H2,(H2,5,7,8)/p+1. The van der Waals surface area contributed by atoms with Gasteiger partial charge in [-0.25, -0.2) is 4.99 Å². The number of aliphatic hydroxyl groups is 1. The molecule has 0 rings (SSSR count). The molecule has 0 spiro atoms. The Hall–Kier alpha value is -0.750. The molecule has 0 aromatic carbocycles. The maximum absolute atomic E-state index is 8.36. The van der Waals surface area contributed by atoms with Crippen molar-refractivity contribution in [3.63, 3.8) is 0 Å². The number of hydrogen-bond donors (Lipinski definition) is 4. The van der Waals surface area contributed by atoms with E-state index in [2.05, 4.69) is 10.1 Å².